The quantitative estimate of drug-likeness (QED) is 0.135. The molecule has 0 unspecified atom stereocenters. The number of rotatable bonds is 9. The van der Waals surface area contributed by atoms with Crippen molar-refractivity contribution in [2.24, 2.45) is 0 Å². The van der Waals surface area contributed by atoms with E-state index < -0.39 is 0 Å². The van der Waals surface area contributed by atoms with E-state index in [0.29, 0.717) is 23.0 Å². The maximum absolute atomic E-state index is 13.8. The van der Waals surface area contributed by atoms with E-state index in [1.807, 2.05) is 42.5 Å². The number of fused-ring (bicyclic) bond motifs is 6. The molecule has 0 N–H and O–H groups in total. The Kier molecular flexibility index (Phi) is 13.3. The number of carbonyl (C=O) groups is 1. The first-order valence-corrected chi connectivity index (χ1v) is 28.6. The van der Waals surface area contributed by atoms with Crippen LogP contribution in [0.15, 0.2) is 200 Å². The van der Waals surface area contributed by atoms with E-state index >= 15 is 0 Å². The van der Waals surface area contributed by atoms with Gasteiger partial charge in [0, 0.05) is 49.4 Å². The highest BCUT2D eigenvalue weighted by atomic mass is 16.5. The second-order valence-electron chi connectivity index (χ2n) is 26.2. The number of para-hydroxylation sites is 4. The Morgan fingerprint density at radius 2 is 0.768 bits per heavy atom. The lowest BCUT2D eigenvalue weighted by Crippen LogP contribution is -2.17. The van der Waals surface area contributed by atoms with Gasteiger partial charge in [0.2, 0.25) is 0 Å². The van der Waals surface area contributed by atoms with Crippen LogP contribution in [-0.4, -0.2) is 30.1 Å². The lowest BCUT2D eigenvalue weighted by atomic mass is 9.79. The first-order valence-electron chi connectivity index (χ1n) is 28.6. The van der Waals surface area contributed by atoms with Crippen molar-refractivity contribution in [1.29, 1.82) is 0 Å². The van der Waals surface area contributed by atoms with Gasteiger partial charge in [0.05, 0.1) is 39.0 Å². The highest BCUT2D eigenvalue weighted by molar-refractivity contribution is 6.13. The van der Waals surface area contributed by atoms with Gasteiger partial charge in [-0.3, -0.25) is 0 Å². The fourth-order valence-corrected chi connectivity index (χ4v) is 11.3. The zero-order valence-electron chi connectivity index (χ0n) is 49.3. The molecule has 0 aliphatic rings. The normalized spacial score (nSPS) is 12.5. The van der Waals surface area contributed by atoms with Crippen LogP contribution in [0.25, 0.3) is 100 Å². The van der Waals surface area contributed by atoms with Crippen LogP contribution in [-0.2, 0) is 33.0 Å². The Labute approximate surface area is 482 Å². The minimum absolute atomic E-state index is 0.130. The van der Waals surface area contributed by atoms with Crippen molar-refractivity contribution < 1.29 is 9.53 Å². The number of benzene rings is 9. The van der Waals surface area contributed by atoms with E-state index in [1.54, 1.807) is 0 Å². The lowest BCUT2D eigenvalue weighted by Gasteiger charge is -2.26. The molecule has 9 aromatic carbocycles. The lowest BCUT2D eigenvalue weighted by molar-refractivity contribution is 0.0473. The number of esters is 1. The molecular formula is C75H71N5O2. The highest BCUT2D eigenvalue weighted by Crippen LogP contribution is 2.44. The third kappa shape index (κ3) is 10.1. The van der Waals surface area contributed by atoms with Crippen molar-refractivity contribution in [3.05, 3.63) is 234 Å². The fraction of sp³-hybridized carbons (Fsp3) is 0.227. The molecular weight excluding hydrogens is 1000 g/mol. The molecule has 408 valence electrons. The topological polar surface area (TPSA) is 74.8 Å². The second kappa shape index (κ2) is 20.2. The Morgan fingerprint density at radius 1 is 0.366 bits per heavy atom. The first kappa shape index (κ1) is 53.7. The van der Waals surface area contributed by atoms with Crippen molar-refractivity contribution >= 4 is 49.6 Å². The average Bonchev–Trinajstić information content (AvgIpc) is 2.17. The van der Waals surface area contributed by atoms with E-state index in [1.165, 1.54) is 33.0 Å². The Bertz CT molecular complexity index is 4240. The molecule has 0 aliphatic heterocycles. The minimum Gasteiger partial charge on any atom is -0.457 e. The predicted octanol–water partition coefficient (Wildman–Crippen LogP) is 19.3. The van der Waals surface area contributed by atoms with Crippen molar-refractivity contribution in [3.8, 4) is 56.7 Å². The summed E-state index contributed by atoms with van der Waals surface area (Å²) in [5.74, 6) is 1.45. The molecule has 0 bridgehead atoms. The van der Waals surface area contributed by atoms with Gasteiger partial charge < -0.3 is 13.9 Å². The van der Waals surface area contributed by atoms with Gasteiger partial charge in [-0.1, -0.05) is 198 Å². The zero-order valence-corrected chi connectivity index (χ0v) is 49.3. The van der Waals surface area contributed by atoms with Gasteiger partial charge in [-0.25, -0.2) is 19.7 Å². The summed E-state index contributed by atoms with van der Waals surface area (Å²) in [4.78, 5) is 30.4. The summed E-state index contributed by atoms with van der Waals surface area (Å²) in [7, 11) is 0. The monoisotopic (exact) mass is 1070 g/mol. The molecule has 12 aromatic rings. The number of hydrogen-bond donors (Lipinski definition) is 0. The summed E-state index contributed by atoms with van der Waals surface area (Å²) in [6.07, 6.45) is 0. The molecule has 12 rings (SSSR count). The molecule has 0 radical (unpaired) electrons. The molecule has 0 fully saturated rings. The molecule has 0 saturated carbocycles. The summed E-state index contributed by atoms with van der Waals surface area (Å²) in [5, 5.41) is 4.33. The summed E-state index contributed by atoms with van der Waals surface area (Å²) in [5.41, 5.74) is 16.7. The number of nitrogens with zero attached hydrogens (tertiary/aromatic N) is 5. The maximum atomic E-state index is 13.8. The Morgan fingerprint density at radius 3 is 1.26 bits per heavy atom. The molecule has 0 saturated heterocycles. The summed E-state index contributed by atoms with van der Waals surface area (Å²) < 4.78 is 10.6. The van der Waals surface area contributed by atoms with Gasteiger partial charge in [-0.05, 0) is 134 Å². The SMILES string of the molecule is CC(C)(C)c1cc(-c2nc(-c3cc(C(C)(C)C)cc(C(C)(C)C)c3)nc(-c3ccc(-n4c5ccccc5c5ccccc54)c(-c4ccccc4-n4c5ccccc5c5cc(C(=O)OCc6ccccc6)ccc54)c3)n2)cc(C(C)(C)C)c1. The van der Waals surface area contributed by atoms with Gasteiger partial charge in [-0.2, -0.15) is 0 Å². The highest BCUT2D eigenvalue weighted by Gasteiger charge is 2.27. The van der Waals surface area contributed by atoms with Crippen molar-refractivity contribution in [1.82, 2.24) is 24.1 Å². The number of hydrogen-bond acceptors (Lipinski definition) is 5. The van der Waals surface area contributed by atoms with Crippen molar-refractivity contribution in [3.63, 3.8) is 0 Å². The smallest absolute Gasteiger partial charge is 0.338 e. The molecule has 82 heavy (non-hydrogen) atoms. The minimum atomic E-state index is -0.367. The molecule has 3 heterocycles. The average molecular weight is 1070 g/mol. The van der Waals surface area contributed by atoms with Crippen LogP contribution >= 0.6 is 0 Å². The van der Waals surface area contributed by atoms with Gasteiger partial charge in [-0.15, -0.1) is 0 Å². The van der Waals surface area contributed by atoms with E-state index in [4.69, 9.17) is 19.7 Å². The van der Waals surface area contributed by atoms with Crippen molar-refractivity contribution in [2.45, 2.75) is 111 Å². The second-order valence-corrected chi connectivity index (χ2v) is 26.2. The standard InChI is InChI=1S/C75H71N5O2/c1-72(2,3)52-38-50(39-53(44-52)73(4,5)6)69-76-68(77-70(78-69)51-40-54(74(7,8)9)45-55(41-51)75(10,11)12)48-34-36-66(79-62-30-20-16-26-56(62)57-27-17-21-31-63(57)79)60(42-48)58-28-18-22-32-64(58)80-65-33-23-19-29-59(65)61-43-49(35-37-67(61)80)71(81)82-46-47-24-14-13-15-25-47/h13-45H,46H2,1-12H3. The van der Waals surface area contributed by atoms with E-state index in [-0.39, 0.29) is 34.2 Å². The van der Waals surface area contributed by atoms with Gasteiger partial charge in [0.15, 0.2) is 17.5 Å². The van der Waals surface area contributed by atoms with Crippen LogP contribution in [0.4, 0.5) is 0 Å². The van der Waals surface area contributed by atoms with Crippen LogP contribution < -0.4 is 0 Å². The van der Waals surface area contributed by atoms with E-state index in [0.717, 1.165) is 77.6 Å². The third-order valence-corrected chi connectivity index (χ3v) is 16.1. The van der Waals surface area contributed by atoms with Gasteiger partial charge in [0.1, 0.15) is 6.61 Å². The molecule has 7 nitrogen and oxygen atoms in total. The van der Waals surface area contributed by atoms with Crippen LogP contribution in [0.3, 0.4) is 0 Å². The largest absolute Gasteiger partial charge is 0.457 e. The number of ether oxygens (including phenoxy) is 1. The van der Waals surface area contributed by atoms with E-state index in [2.05, 4.69) is 250 Å². The van der Waals surface area contributed by atoms with Gasteiger partial charge in [0.25, 0.3) is 0 Å². The first-order chi connectivity index (χ1) is 39.1. The van der Waals surface area contributed by atoms with Crippen LogP contribution in [0, 0.1) is 0 Å². The zero-order chi connectivity index (χ0) is 57.5. The van der Waals surface area contributed by atoms with Crippen molar-refractivity contribution in [2.75, 3.05) is 0 Å². The molecule has 0 amide bonds. The van der Waals surface area contributed by atoms with Crippen LogP contribution in [0.5, 0.6) is 0 Å². The molecule has 3 aromatic heterocycles. The molecule has 7 heteroatoms. The molecule has 0 aliphatic carbocycles. The third-order valence-electron chi connectivity index (χ3n) is 16.1. The van der Waals surface area contributed by atoms with Crippen LogP contribution in [0.1, 0.15) is 121 Å². The fourth-order valence-electron chi connectivity index (χ4n) is 11.3. The maximum Gasteiger partial charge on any atom is 0.338 e. The summed E-state index contributed by atoms with van der Waals surface area (Å²) in [6.45, 7) is 27.5. The Hall–Kier alpha value is -8.94. The van der Waals surface area contributed by atoms with Crippen LogP contribution in [0.2, 0.25) is 0 Å². The summed E-state index contributed by atoms with van der Waals surface area (Å²) in [6, 6.07) is 70.7. The molecule has 0 atom stereocenters. The predicted molar refractivity (Wildman–Crippen MR) is 341 cm³/mol. The molecule has 0 spiro atoms. The summed E-state index contributed by atoms with van der Waals surface area (Å²) >= 11 is 0. The van der Waals surface area contributed by atoms with E-state index in [9.17, 15) is 4.79 Å². The Balaban J connectivity index is 1.12. The van der Waals surface area contributed by atoms with Gasteiger partial charge >= 0.3 is 5.97 Å². The number of carbonyl (C=O) groups excluding carboxylic acids is 1. The number of aromatic nitrogens is 5.